The lowest BCUT2D eigenvalue weighted by Gasteiger charge is -2.17. The number of rotatable bonds is 6. The summed E-state index contributed by atoms with van der Waals surface area (Å²) in [6.07, 6.45) is 1.88. The van der Waals surface area contributed by atoms with Crippen LogP contribution in [0.1, 0.15) is 25.8 Å². The number of hydrogen-bond donors (Lipinski definition) is 1. The lowest BCUT2D eigenvalue weighted by molar-refractivity contribution is 0.392. The van der Waals surface area contributed by atoms with Gasteiger partial charge in [-0.1, -0.05) is 18.5 Å². The van der Waals surface area contributed by atoms with Crippen molar-refractivity contribution in [2.45, 2.75) is 32.7 Å². The second-order valence-corrected chi connectivity index (χ2v) is 5.23. The first-order valence-corrected chi connectivity index (χ1v) is 6.51. The number of ether oxygens (including phenoxy) is 2. The van der Waals surface area contributed by atoms with E-state index in [0.717, 1.165) is 24.2 Å². The topological polar surface area (TPSA) is 44.5 Å². The van der Waals surface area contributed by atoms with Crippen LogP contribution in [-0.2, 0) is 6.42 Å². The van der Waals surface area contributed by atoms with E-state index in [1.54, 1.807) is 20.3 Å². The van der Waals surface area contributed by atoms with Crippen LogP contribution < -0.4 is 15.2 Å². The Balaban J connectivity index is 2.92. The molecule has 4 heteroatoms. The van der Waals surface area contributed by atoms with Gasteiger partial charge in [0.1, 0.15) is 11.5 Å². The van der Waals surface area contributed by atoms with E-state index in [1.165, 1.54) is 0 Å². The van der Waals surface area contributed by atoms with E-state index in [4.69, 9.17) is 26.8 Å². The molecular formula is C14H22ClNO2. The zero-order valence-electron chi connectivity index (χ0n) is 11.5. The first-order valence-electron chi connectivity index (χ1n) is 6.13. The summed E-state index contributed by atoms with van der Waals surface area (Å²) in [5, 5.41) is 0.568. The molecule has 3 nitrogen and oxygen atoms in total. The zero-order valence-corrected chi connectivity index (χ0v) is 12.3. The number of benzene rings is 1. The molecule has 2 unspecified atom stereocenters. The molecule has 0 fully saturated rings. The summed E-state index contributed by atoms with van der Waals surface area (Å²) in [4.78, 5) is 0. The third-order valence-electron chi connectivity index (χ3n) is 2.90. The second kappa shape index (κ2) is 6.86. The SMILES string of the molecule is COc1cc(CC(C)CC(C)N)c(OC)cc1Cl. The molecule has 1 aromatic rings. The van der Waals surface area contributed by atoms with E-state index in [1.807, 2.05) is 13.0 Å². The molecule has 2 atom stereocenters. The van der Waals surface area contributed by atoms with Gasteiger partial charge in [-0.3, -0.25) is 0 Å². The van der Waals surface area contributed by atoms with Crippen molar-refractivity contribution in [3.05, 3.63) is 22.7 Å². The zero-order chi connectivity index (χ0) is 13.7. The predicted molar refractivity (Wildman–Crippen MR) is 75.7 cm³/mol. The maximum atomic E-state index is 6.08. The summed E-state index contributed by atoms with van der Waals surface area (Å²) in [5.74, 6) is 1.97. The molecule has 1 rings (SSSR count). The van der Waals surface area contributed by atoms with Crippen molar-refractivity contribution in [3.63, 3.8) is 0 Å². The van der Waals surface area contributed by atoms with Crippen molar-refractivity contribution >= 4 is 11.6 Å². The summed E-state index contributed by atoms with van der Waals surface area (Å²) >= 11 is 6.08. The Hall–Kier alpha value is -0.930. The fraction of sp³-hybridized carbons (Fsp3) is 0.571. The van der Waals surface area contributed by atoms with Crippen molar-refractivity contribution in [3.8, 4) is 11.5 Å². The molecule has 18 heavy (non-hydrogen) atoms. The van der Waals surface area contributed by atoms with Crippen LogP contribution in [0.15, 0.2) is 12.1 Å². The van der Waals surface area contributed by atoms with Crippen molar-refractivity contribution in [2.75, 3.05) is 14.2 Å². The molecule has 0 bridgehead atoms. The molecule has 0 spiro atoms. The van der Waals surface area contributed by atoms with Gasteiger partial charge < -0.3 is 15.2 Å². The van der Waals surface area contributed by atoms with Crippen molar-refractivity contribution in [1.82, 2.24) is 0 Å². The maximum Gasteiger partial charge on any atom is 0.137 e. The first-order chi connectivity index (χ1) is 8.47. The number of hydrogen-bond acceptors (Lipinski definition) is 3. The van der Waals surface area contributed by atoms with E-state index in [-0.39, 0.29) is 6.04 Å². The lowest BCUT2D eigenvalue weighted by atomic mass is 9.94. The van der Waals surface area contributed by atoms with Crippen LogP contribution in [0.2, 0.25) is 5.02 Å². The number of nitrogens with two attached hydrogens (primary N) is 1. The highest BCUT2D eigenvalue weighted by molar-refractivity contribution is 6.32. The minimum atomic E-state index is 0.209. The van der Waals surface area contributed by atoms with E-state index >= 15 is 0 Å². The summed E-state index contributed by atoms with van der Waals surface area (Å²) in [5.41, 5.74) is 6.92. The largest absolute Gasteiger partial charge is 0.496 e. The lowest BCUT2D eigenvalue weighted by Crippen LogP contribution is -2.19. The monoisotopic (exact) mass is 271 g/mol. The summed E-state index contributed by atoms with van der Waals surface area (Å²) in [7, 11) is 3.26. The minimum Gasteiger partial charge on any atom is -0.496 e. The van der Waals surface area contributed by atoms with Gasteiger partial charge in [-0.05, 0) is 37.3 Å². The molecule has 0 saturated carbocycles. The molecule has 1 aromatic carbocycles. The summed E-state index contributed by atoms with van der Waals surface area (Å²) < 4.78 is 10.6. The third kappa shape index (κ3) is 4.07. The van der Waals surface area contributed by atoms with E-state index in [0.29, 0.717) is 16.7 Å². The quantitative estimate of drug-likeness (QED) is 0.864. The van der Waals surface area contributed by atoms with Crippen LogP contribution in [0.4, 0.5) is 0 Å². The summed E-state index contributed by atoms with van der Waals surface area (Å²) in [6.45, 7) is 4.21. The molecule has 0 amide bonds. The number of halogens is 1. The van der Waals surface area contributed by atoms with Gasteiger partial charge in [-0.2, -0.15) is 0 Å². The molecule has 0 heterocycles. The highest BCUT2D eigenvalue weighted by Crippen LogP contribution is 2.34. The van der Waals surface area contributed by atoms with Gasteiger partial charge in [-0.15, -0.1) is 0 Å². The molecule has 0 radical (unpaired) electrons. The van der Waals surface area contributed by atoms with Crippen LogP contribution in [0.3, 0.4) is 0 Å². The van der Waals surface area contributed by atoms with Crippen molar-refractivity contribution in [2.24, 2.45) is 11.7 Å². The van der Waals surface area contributed by atoms with Gasteiger partial charge in [0.25, 0.3) is 0 Å². The van der Waals surface area contributed by atoms with Gasteiger partial charge in [0, 0.05) is 12.1 Å². The smallest absolute Gasteiger partial charge is 0.137 e. The fourth-order valence-corrected chi connectivity index (χ4v) is 2.41. The molecule has 0 aliphatic rings. The Labute approximate surface area is 114 Å². The van der Waals surface area contributed by atoms with Crippen LogP contribution >= 0.6 is 11.6 Å². The Morgan fingerprint density at radius 2 is 1.78 bits per heavy atom. The first kappa shape index (κ1) is 15.1. The molecule has 0 aliphatic carbocycles. The van der Waals surface area contributed by atoms with Gasteiger partial charge in [-0.25, -0.2) is 0 Å². The third-order valence-corrected chi connectivity index (χ3v) is 3.19. The predicted octanol–water partition coefficient (Wildman–Crippen LogP) is 3.27. The summed E-state index contributed by atoms with van der Waals surface area (Å²) in [6, 6.07) is 3.95. The minimum absolute atomic E-state index is 0.209. The van der Waals surface area contributed by atoms with Gasteiger partial charge in [0.2, 0.25) is 0 Å². The molecule has 102 valence electrons. The molecule has 0 saturated heterocycles. The highest BCUT2D eigenvalue weighted by Gasteiger charge is 2.13. The van der Waals surface area contributed by atoms with Gasteiger partial charge in [0.05, 0.1) is 19.2 Å². The van der Waals surface area contributed by atoms with Gasteiger partial charge >= 0.3 is 0 Å². The van der Waals surface area contributed by atoms with Crippen LogP contribution in [-0.4, -0.2) is 20.3 Å². The normalized spacial score (nSPS) is 14.1. The average molecular weight is 272 g/mol. The van der Waals surface area contributed by atoms with Crippen LogP contribution in [0.5, 0.6) is 11.5 Å². The molecule has 2 N–H and O–H groups in total. The van der Waals surface area contributed by atoms with Crippen LogP contribution in [0.25, 0.3) is 0 Å². The van der Waals surface area contributed by atoms with Crippen LogP contribution in [0, 0.1) is 5.92 Å². The van der Waals surface area contributed by atoms with Crippen molar-refractivity contribution < 1.29 is 9.47 Å². The molecule has 0 aromatic heterocycles. The molecule has 0 aliphatic heterocycles. The molecular weight excluding hydrogens is 250 g/mol. The Morgan fingerprint density at radius 1 is 1.17 bits per heavy atom. The van der Waals surface area contributed by atoms with Gasteiger partial charge in [0.15, 0.2) is 0 Å². The van der Waals surface area contributed by atoms with E-state index in [2.05, 4.69) is 6.92 Å². The second-order valence-electron chi connectivity index (χ2n) is 4.82. The Kier molecular flexibility index (Phi) is 5.76. The maximum absolute atomic E-state index is 6.08. The highest BCUT2D eigenvalue weighted by atomic mass is 35.5. The van der Waals surface area contributed by atoms with Crippen molar-refractivity contribution in [1.29, 1.82) is 0 Å². The van der Waals surface area contributed by atoms with E-state index in [9.17, 15) is 0 Å². The number of methoxy groups -OCH3 is 2. The Morgan fingerprint density at radius 3 is 2.28 bits per heavy atom. The average Bonchev–Trinajstić information content (AvgIpc) is 2.29. The standard InChI is InChI=1S/C14H22ClNO2/c1-9(5-10(2)16)6-11-7-14(18-4)12(15)8-13(11)17-3/h7-10H,5-6,16H2,1-4H3. The fourth-order valence-electron chi connectivity index (χ4n) is 2.18. The Bertz CT molecular complexity index is 394. The van der Waals surface area contributed by atoms with E-state index < -0.39 is 0 Å².